The first-order valence-electron chi connectivity index (χ1n) is 6.42. The second-order valence-electron chi connectivity index (χ2n) is 4.84. The summed E-state index contributed by atoms with van der Waals surface area (Å²) in [5.74, 6) is -0.137. The number of hydrogen-bond acceptors (Lipinski definition) is 3. The van der Waals surface area contributed by atoms with Gasteiger partial charge >= 0.3 is 0 Å². The third kappa shape index (κ3) is 3.47. The predicted molar refractivity (Wildman–Crippen MR) is 74.0 cm³/mol. The van der Waals surface area contributed by atoms with Crippen LogP contribution in [0.15, 0.2) is 18.2 Å². The highest BCUT2D eigenvalue weighted by Crippen LogP contribution is 2.16. The zero-order chi connectivity index (χ0) is 13.8. The van der Waals surface area contributed by atoms with E-state index in [-0.39, 0.29) is 24.9 Å². The van der Waals surface area contributed by atoms with Gasteiger partial charge in [0.1, 0.15) is 0 Å². The molecule has 2 N–H and O–H groups in total. The minimum absolute atomic E-state index is 0.0456. The number of anilines is 1. The smallest absolute Gasteiger partial charge is 0.242 e. The van der Waals surface area contributed by atoms with Crippen molar-refractivity contribution >= 4 is 17.5 Å². The molecule has 1 aromatic carbocycles. The Bertz CT molecular complexity index is 499. The van der Waals surface area contributed by atoms with E-state index in [0.29, 0.717) is 13.1 Å². The molecule has 5 heteroatoms. The number of nitrogens with one attached hydrogen (secondary N) is 2. The van der Waals surface area contributed by atoms with Crippen LogP contribution in [-0.4, -0.2) is 42.9 Å². The Morgan fingerprint density at radius 1 is 1.42 bits per heavy atom. The van der Waals surface area contributed by atoms with Gasteiger partial charge in [-0.1, -0.05) is 12.1 Å². The van der Waals surface area contributed by atoms with Crippen molar-refractivity contribution in [3.8, 4) is 0 Å². The summed E-state index contributed by atoms with van der Waals surface area (Å²) in [7, 11) is 0. The van der Waals surface area contributed by atoms with E-state index >= 15 is 0 Å². The third-order valence-corrected chi connectivity index (χ3v) is 3.21. The van der Waals surface area contributed by atoms with E-state index in [2.05, 4.69) is 10.6 Å². The van der Waals surface area contributed by atoms with Crippen molar-refractivity contribution < 1.29 is 9.59 Å². The maximum atomic E-state index is 12.0. The van der Waals surface area contributed by atoms with Crippen LogP contribution in [0.25, 0.3) is 0 Å². The van der Waals surface area contributed by atoms with Crippen LogP contribution < -0.4 is 10.6 Å². The van der Waals surface area contributed by atoms with Crippen LogP contribution in [0.1, 0.15) is 11.1 Å². The lowest BCUT2D eigenvalue weighted by Gasteiger charge is -2.27. The molecule has 2 rings (SSSR count). The van der Waals surface area contributed by atoms with Gasteiger partial charge in [-0.3, -0.25) is 9.59 Å². The van der Waals surface area contributed by atoms with Crippen LogP contribution in [0.2, 0.25) is 0 Å². The molecule has 0 spiro atoms. The molecule has 102 valence electrons. The lowest BCUT2D eigenvalue weighted by molar-refractivity contribution is -0.136. The Balaban J connectivity index is 1.92. The molecule has 1 aliphatic heterocycles. The van der Waals surface area contributed by atoms with Crippen molar-refractivity contribution in [1.29, 1.82) is 0 Å². The van der Waals surface area contributed by atoms with Crippen LogP contribution in [0.3, 0.4) is 0 Å². The molecule has 0 atom stereocenters. The van der Waals surface area contributed by atoms with Crippen molar-refractivity contribution in [2.75, 3.05) is 31.5 Å². The van der Waals surface area contributed by atoms with Crippen molar-refractivity contribution in [2.45, 2.75) is 13.8 Å². The highest BCUT2D eigenvalue weighted by molar-refractivity contribution is 5.88. The number of hydrogen-bond donors (Lipinski definition) is 2. The van der Waals surface area contributed by atoms with Gasteiger partial charge in [0.2, 0.25) is 11.8 Å². The summed E-state index contributed by atoms with van der Waals surface area (Å²) in [5.41, 5.74) is 3.22. The molecule has 0 saturated carbocycles. The summed E-state index contributed by atoms with van der Waals surface area (Å²) < 4.78 is 0. The Morgan fingerprint density at radius 2 is 2.21 bits per heavy atom. The first-order valence-corrected chi connectivity index (χ1v) is 6.42. The number of carbonyl (C=O) groups excluding carboxylic acids is 2. The summed E-state index contributed by atoms with van der Waals surface area (Å²) in [4.78, 5) is 24.8. The van der Waals surface area contributed by atoms with Crippen molar-refractivity contribution in [2.24, 2.45) is 0 Å². The fourth-order valence-electron chi connectivity index (χ4n) is 2.06. The van der Waals surface area contributed by atoms with E-state index in [4.69, 9.17) is 0 Å². The molecule has 1 heterocycles. The molecular weight excluding hydrogens is 242 g/mol. The summed E-state index contributed by atoms with van der Waals surface area (Å²) in [5, 5.41) is 5.85. The van der Waals surface area contributed by atoms with Gasteiger partial charge in [-0.15, -0.1) is 0 Å². The summed E-state index contributed by atoms with van der Waals surface area (Å²) in [6.45, 7) is 5.51. The fraction of sp³-hybridized carbons (Fsp3) is 0.429. The first kappa shape index (κ1) is 13.4. The van der Waals surface area contributed by atoms with Gasteiger partial charge in [0.05, 0.1) is 13.1 Å². The monoisotopic (exact) mass is 261 g/mol. The molecule has 0 aromatic heterocycles. The van der Waals surface area contributed by atoms with Crippen molar-refractivity contribution in [1.82, 2.24) is 10.2 Å². The van der Waals surface area contributed by atoms with Gasteiger partial charge in [0.15, 0.2) is 0 Å². The minimum atomic E-state index is -0.0914. The molecule has 5 nitrogen and oxygen atoms in total. The van der Waals surface area contributed by atoms with E-state index in [9.17, 15) is 9.59 Å². The predicted octanol–water partition coefficient (Wildman–Crippen LogP) is 0.674. The Labute approximate surface area is 113 Å². The van der Waals surface area contributed by atoms with Gasteiger partial charge in [-0.2, -0.15) is 0 Å². The number of nitrogens with zero attached hydrogens (tertiary/aromatic N) is 1. The number of aryl methyl sites for hydroxylation is 2. The van der Waals surface area contributed by atoms with Crippen LogP contribution in [-0.2, 0) is 9.59 Å². The minimum Gasteiger partial charge on any atom is -0.376 e. The number of amides is 2. The zero-order valence-electron chi connectivity index (χ0n) is 11.3. The Kier molecular flexibility index (Phi) is 4.04. The third-order valence-electron chi connectivity index (χ3n) is 3.21. The molecule has 0 aliphatic carbocycles. The second kappa shape index (κ2) is 5.73. The van der Waals surface area contributed by atoms with Gasteiger partial charge in [-0.05, 0) is 31.0 Å². The largest absolute Gasteiger partial charge is 0.376 e. The van der Waals surface area contributed by atoms with E-state index < -0.39 is 0 Å². The summed E-state index contributed by atoms with van der Waals surface area (Å²) in [6.07, 6.45) is 0. The van der Waals surface area contributed by atoms with Gasteiger partial charge in [0, 0.05) is 18.8 Å². The summed E-state index contributed by atoms with van der Waals surface area (Å²) in [6, 6.07) is 6.08. The normalized spacial score (nSPS) is 15.1. The van der Waals surface area contributed by atoms with E-state index in [1.165, 1.54) is 0 Å². The van der Waals surface area contributed by atoms with Crippen molar-refractivity contribution in [3.05, 3.63) is 29.3 Å². The van der Waals surface area contributed by atoms with Crippen LogP contribution in [0.5, 0.6) is 0 Å². The maximum Gasteiger partial charge on any atom is 0.242 e. The van der Waals surface area contributed by atoms with E-state index in [1.54, 1.807) is 4.90 Å². The van der Waals surface area contributed by atoms with E-state index in [1.807, 2.05) is 32.0 Å². The Morgan fingerprint density at radius 3 is 2.95 bits per heavy atom. The lowest BCUT2D eigenvalue weighted by atomic mass is 10.1. The average molecular weight is 261 g/mol. The maximum absolute atomic E-state index is 12.0. The molecular formula is C14H19N3O2. The quantitative estimate of drug-likeness (QED) is 0.841. The number of benzene rings is 1. The zero-order valence-corrected chi connectivity index (χ0v) is 11.3. The molecule has 1 fully saturated rings. The number of piperazine rings is 1. The van der Waals surface area contributed by atoms with Crippen LogP contribution in [0.4, 0.5) is 5.69 Å². The van der Waals surface area contributed by atoms with Crippen LogP contribution in [0, 0.1) is 13.8 Å². The number of carbonyl (C=O) groups is 2. The van der Waals surface area contributed by atoms with E-state index in [0.717, 1.165) is 16.8 Å². The average Bonchev–Trinajstić information content (AvgIpc) is 2.39. The fourth-order valence-corrected chi connectivity index (χ4v) is 2.06. The topological polar surface area (TPSA) is 61.4 Å². The van der Waals surface area contributed by atoms with Crippen LogP contribution >= 0.6 is 0 Å². The molecule has 1 aromatic rings. The highest BCUT2D eigenvalue weighted by atomic mass is 16.2. The van der Waals surface area contributed by atoms with Crippen molar-refractivity contribution in [3.63, 3.8) is 0 Å². The number of rotatable bonds is 3. The highest BCUT2D eigenvalue weighted by Gasteiger charge is 2.20. The standard InChI is InChI=1S/C14H19N3O2/c1-10-3-4-11(2)12(7-10)16-8-14(19)17-6-5-15-13(18)9-17/h3-4,7,16H,5-6,8-9H2,1-2H3,(H,15,18). The van der Waals surface area contributed by atoms with Gasteiger partial charge in [-0.25, -0.2) is 0 Å². The second-order valence-corrected chi connectivity index (χ2v) is 4.84. The first-order chi connectivity index (χ1) is 9.06. The van der Waals surface area contributed by atoms with Gasteiger partial charge in [0.25, 0.3) is 0 Å². The van der Waals surface area contributed by atoms with Gasteiger partial charge < -0.3 is 15.5 Å². The molecule has 1 saturated heterocycles. The molecule has 0 bridgehead atoms. The lowest BCUT2D eigenvalue weighted by Crippen LogP contribution is -2.51. The summed E-state index contributed by atoms with van der Waals surface area (Å²) >= 11 is 0. The molecule has 1 aliphatic rings. The SMILES string of the molecule is Cc1ccc(C)c(NCC(=O)N2CCNC(=O)C2)c1. The molecule has 0 radical (unpaired) electrons. The molecule has 0 unspecified atom stereocenters. The molecule has 2 amide bonds. The Hall–Kier alpha value is -2.04. The molecule has 19 heavy (non-hydrogen) atoms.